The van der Waals surface area contributed by atoms with Gasteiger partial charge in [-0.3, -0.25) is 9.59 Å². The van der Waals surface area contributed by atoms with E-state index in [0.29, 0.717) is 18.6 Å². The van der Waals surface area contributed by atoms with Crippen LogP contribution in [0.2, 0.25) is 0 Å². The topological polar surface area (TPSA) is 85.2 Å². The van der Waals surface area contributed by atoms with E-state index >= 15 is 0 Å². The van der Waals surface area contributed by atoms with Gasteiger partial charge >= 0.3 is 0 Å². The van der Waals surface area contributed by atoms with Crippen molar-refractivity contribution in [3.63, 3.8) is 0 Å². The van der Waals surface area contributed by atoms with Gasteiger partial charge in [0.25, 0.3) is 0 Å². The van der Waals surface area contributed by atoms with E-state index in [1.807, 2.05) is 6.92 Å². The molecule has 116 valence electrons. The van der Waals surface area contributed by atoms with Crippen LogP contribution in [0.3, 0.4) is 0 Å². The molecule has 0 saturated heterocycles. The molecule has 1 N–H and O–H groups in total. The minimum Gasteiger partial charge on any atom is -0.496 e. The molecule has 0 saturated carbocycles. The van der Waals surface area contributed by atoms with E-state index in [-0.39, 0.29) is 33.9 Å². The van der Waals surface area contributed by atoms with Gasteiger partial charge in [0.15, 0.2) is 11.6 Å². The van der Waals surface area contributed by atoms with Crippen molar-refractivity contribution in [1.29, 1.82) is 0 Å². The Morgan fingerprint density at radius 1 is 1.14 bits per heavy atom. The molecule has 0 aromatic heterocycles. The minimum absolute atomic E-state index is 0.0911. The zero-order chi connectivity index (χ0) is 16.3. The third-order valence-corrected chi connectivity index (χ3v) is 3.48. The summed E-state index contributed by atoms with van der Waals surface area (Å²) in [6.07, 6.45) is 2.26. The first-order valence-corrected chi connectivity index (χ1v) is 6.86. The highest BCUT2D eigenvalue weighted by atomic mass is 16.5. The first-order valence-electron chi connectivity index (χ1n) is 6.86. The predicted octanol–water partition coefficient (Wildman–Crippen LogP) is 2.64. The van der Waals surface area contributed by atoms with Gasteiger partial charge in [-0.25, -0.2) is 0 Å². The standard InChI is InChI=1S/C16H17NO5/c1-4-5-10(17-20)9-8-11(18)14-12(21-2)6-7-13(22-3)15(14)16(9)19/h6-8,20H,4-5H2,1-3H3/b17-10-. The van der Waals surface area contributed by atoms with Crippen molar-refractivity contribution in [2.24, 2.45) is 5.16 Å². The summed E-state index contributed by atoms with van der Waals surface area (Å²) >= 11 is 0. The van der Waals surface area contributed by atoms with Crippen LogP contribution in [0.15, 0.2) is 28.9 Å². The molecule has 0 spiro atoms. The normalized spacial score (nSPS) is 14.5. The number of ether oxygens (including phenoxy) is 2. The molecule has 22 heavy (non-hydrogen) atoms. The molecule has 1 aromatic carbocycles. The molecule has 1 aliphatic carbocycles. The average Bonchev–Trinajstić information content (AvgIpc) is 2.54. The lowest BCUT2D eigenvalue weighted by Crippen LogP contribution is -2.23. The summed E-state index contributed by atoms with van der Waals surface area (Å²) in [4.78, 5) is 25.2. The van der Waals surface area contributed by atoms with E-state index in [1.54, 1.807) is 12.1 Å². The number of nitrogens with zero attached hydrogens (tertiary/aromatic N) is 1. The molecule has 2 rings (SSSR count). The predicted molar refractivity (Wildman–Crippen MR) is 80.4 cm³/mol. The molecule has 0 bridgehead atoms. The number of Topliss-reactive ketones (excluding diaryl/α,β-unsaturated/α-hetero) is 1. The zero-order valence-electron chi connectivity index (χ0n) is 12.7. The number of benzene rings is 1. The van der Waals surface area contributed by atoms with Gasteiger partial charge in [0, 0.05) is 0 Å². The van der Waals surface area contributed by atoms with Gasteiger partial charge in [-0.15, -0.1) is 0 Å². The largest absolute Gasteiger partial charge is 0.496 e. The summed E-state index contributed by atoms with van der Waals surface area (Å²) < 4.78 is 10.4. The van der Waals surface area contributed by atoms with Crippen LogP contribution in [0.4, 0.5) is 0 Å². The Balaban J connectivity index is 2.66. The number of rotatable bonds is 5. The SMILES string of the molecule is CCC/C(=N/O)C1=CC(=O)c2c(OC)ccc(OC)c2C1=O. The number of fused-ring (bicyclic) bond motifs is 1. The molecule has 0 unspecified atom stereocenters. The van der Waals surface area contributed by atoms with Gasteiger partial charge in [-0.1, -0.05) is 18.5 Å². The van der Waals surface area contributed by atoms with Crippen molar-refractivity contribution in [3.05, 3.63) is 34.9 Å². The van der Waals surface area contributed by atoms with Crippen LogP contribution in [0.5, 0.6) is 11.5 Å². The Hall–Kier alpha value is -2.63. The highest BCUT2D eigenvalue weighted by molar-refractivity contribution is 6.37. The maximum absolute atomic E-state index is 12.7. The number of carbonyl (C=O) groups excluding carboxylic acids is 2. The van der Waals surface area contributed by atoms with E-state index in [1.165, 1.54) is 20.3 Å². The number of oxime groups is 1. The van der Waals surface area contributed by atoms with E-state index in [0.717, 1.165) is 0 Å². The number of hydrogen-bond donors (Lipinski definition) is 1. The second-order valence-electron chi connectivity index (χ2n) is 4.77. The van der Waals surface area contributed by atoms with Crippen LogP contribution in [-0.4, -0.2) is 36.7 Å². The molecule has 0 heterocycles. The summed E-state index contributed by atoms with van der Waals surface area (Å²) in [5.74, 6) is -0.194. The second-order valence-corrected chi connectivity index (χ2v) is 4.77. The fraction of sp³-hybridized carbons (Fsp3) is 0.312. The first kappa shape index (κ1) is 15.8. The van der Waals surface area contributed by atoms with Crippen molar-refractivity contribution in [1.82, 2.24) is 0 Å². The lowest BCUT2D eigenvalue weighted by Gasteiger charge is -2.20. The Morgan fingerprint density at radius 3 is 2.23 bits per heavy atom. The molecule has 6 nitrogen and oxygen atoms in total. The van der Waals surface area contributed by atoms with Crippen LogP contribution in [0, 0.1) is 0 Å². The van der Waals surface area contributed by atoms with Gasteiger partial charge in [0.05, 0.1) is 36.6 Å². The van der Waals surface area contributed by atoms with Crippen molar-refractivity contribution in [2.45, 2.75) is 19.8 Å². The molecule has 0 fully saturated rings. The van der Waals surface area contributed by atoms with Crippen molar-refractivity contribution < 1.29 is 24.3 Å². The van der Waals surface area contributed by atoms with E-state index in [2.05, 4.69) is 5.16 Å². The Labute approximate surface area is 128 Å². The molecular weight excluding hydrogens is 286 g/mol. The monoisotopic (exact) mass is 303 g/mol. The van der Waals surface area contributed by atoms with Crippen LogP contribution in [-0.2, 0) is 0 Å². The molecule has 0 atom stereocenters. The fourth-order valence-corrected chi connectivity index (χ4v) is 2.47. The number of allylic oxidation sites excluding steroid dienone is 2. The van der Waals surface area contributed by atoms with Gasteiger partial charge < -0.3 is 14.7 Å². The summed E-state index contributed by atoms with van der Waals surface area (Å²) in [5.41, 5.74) is 0.593. The summed E-state index contributed by atoms with van der Waals surface area (Å²) in [7, 11) is 2.85. The number of methoxy groups -OCH3 is 2. The third-order valence-electron chi connectivity index (χ3n) is 3.48. The van der Waals surface area contributed by atoms with Gasteiger partial charge in [0.2, 0.25) is 0 Å². The summed E-state index contributed by atoms with van der Waals surface area (Å²) in [6, 6.07) is 3.15. The van der Waals surface area contributed by atoms with Crippen LogP contribution < -0.4 is 9.47 Å². The van der Waals surface area contributed by atoms with E-state index in [4.69, 9.17) is 14.7 Å². The summed E-state index contributed by atoms with van der Waals surface area (Å²) in [5, 5.41) is 12.3. The maximum atomic E-state index is 12.7. The van der Waals surface area contributed by atoms with Crippen LogP contribution in [0.1, 0.15) is 40.5 Å². The zero-order valence-corrected chi connectivity index (χ0v) is 12.7. The lowest BCUT2D eigenvalue weighted by atomic mass is 9.85. The van der Waals surface area contributed by atoms with Gasteiger partial charge in [0.1, 0.15) is 11.5 Å². The van der Waals surface area contributed by atoms with Crippen LogP contribution in [0.25, 0.3) is 0 Å². The number of hydrogen-bond acceptors (Lipinski definition) is 6. The smallest absolute Gasteiger partial charge is 0.199 e. The Morgan fingerprint density at radius 2 is 1.73 bits per heavy atom. The van der Waals surface area contributed by atoms with Crippen molar-refractivity contribution >= 4 is 17.3 Å². The molecule has 6 heteroatoms. The van der Waals surface area contributed by atoms with Crippen molar-refractivity contribution in [3.8, 4) is 11.5 Å². The number of ketones is 2. The maximum Gasteiger partial charge on any atom is 0.199 e. The second kappa shape index (κ2) is 6.43. The van der Waals surface area contributed by atoms with Gasteiger partial charge in [-0.05, 0) is 24.6 Å². The highest BCUT2D eigenvalue weighted by Crippen LogP contribution is 2.36. The molecular formula is C16H17NO5. The van der Waals surface area contributed by atoms with E-state index in [9.17, 15) is 9.59 Å². The van der Waals surface area contributed by atoms with Crippen LogP contribution >= 0.6 is 0 Å². The van der Waals surface area contributed by atoms with E-state index < -0.39 is 5.78 Å². The van der Waals surface area contributed by atoms with Crippen molar-refractivity contribution in [2.75, 3.05) is 14.2 Å². The molecule has 1 aromatic rings. The molecule has 0 aliphatic heterocycles. The minimum atomic E-state index is -0.411. The lowest BCUT2D eigenvalue weighted by molar-refractivity contribution is 0.0983. The quantitative estimate of drug-likeness (QED) is 0.513. The third kappa shape index (κ3) is 2.47. The first-order chi connectivity index (χ1) is 10.6. The Bertz CT molecular complexity index is 688. The van der Waals surface area contributed by atoms with Gasteiger partial charge in [-0.2, -0.15) is 0 Å². The fourth-order valence-electron chi connectivity index (χ4n) is 2.47. The molecule has 1 aliphatic rings. The average molecular weight is 303 g/mol. The highest BCUT2D eigenvalue weighted by Gasteiger charge is 2.33. The summed E-state index contributed by atoms with van der Waals surface area (Å²) in [6.45, 7) is 1.89. The molecule has 0 radical (unpaired) electrons. The molecule has 0 amide bonds. The Kier molecular flexibility index (Phi) is 4.60. The number of carbonyl (C=O) groups is 2.